The van der Waals surface area contributed by atoms with E-state index in [0.717, 1.165) is 24.0 Å². The molecule has 1 aromatic heterocycles. The molecule has 18 heavy (non-hydrogen) atoms. The van der Waals surface area contributed by atoms with Crippen LogP contribution in [0.15, 0.2) is 23.4 Å². The van der Waals surface area contributed by atoms with Crippen LogP contribution in [0.25, 0.3) is 0 Å². The molecule has 0 aromatic carbocycles. The molecule has 0 unspecified atom stereocenters. The van der Waals surface area contributed by atoms with Crippen molar-refractivity contribution in [2.75, 3.05) is 0 Å². The number of alkyl halides is 3. The van der Waals surface area contributed by atoms with Gasteiger partial charge in [-0.1, -0.05) is 11.8 Å². The van der Waals surface area contributed by atoms with Gasteiger partial charge in [0.25, 0.3) is 0 Å². The van der Waals surface area contributed by atoms with Gasteiger partial charge in [0, 0.05) is 12.6 Å². The maximum atomic E-state index is 12.3. The van der Waals surface area contributed by atoms with E-state index in [1.165, 1.54) is 6.07 Å². The second-order valence-electron chi connectivity index (χ2n) is 3.97. The molecule has 2 rings (SSSR count). The van der Waals surface area contributed by atoms with Gasteiger partial charge in [-0.05, 0) is 19.1 Å². The molecule has 98 valence electrons. The first-order chi connectivity index (χ1) is 8.36. The van der Waals surface area contributed by atoms with Crippen molar-refractivity contribution in [3.8, 4) is 0 Å². The summed E-state index contributed by atoms with van der Waals surface area (Å²) in [7, 11) is 0. The van der Waals surface area contributed by atoms with E-state index in [-0.39, 0.29) is 17.3 Å². The Balaban J connectivity index is 2.05. The van der Waals surface area contributed by atoms with Crippen LogP contribution < -0.4 is 0 Å². The van der Waals surface area contributed by atoms with E-state index in [2.05, 4.69) is 4.98 Å². The quantitative estimate of drug-likeness (QED) is 0.779. The lowest BCUT2D eigenvalue weighted by Crippen LogP contribution is -2.10. The molecule has 7 heteroatoms. The number of carbonyl (C=O) groups excluding carboxylic acids is 1. The van der Waals surface area contributed by atoms with E-state index in [4.69, 9.17) is 4.74 Å². The molecule has 0 N–H and O–H groups in total. The minimum Gasteiger partial charge on any atom is -0.462 e. The first-order valence-corrected chi connectivity index (χ1v) is 6.14. The van der Waals surface area contributed by atoms with Gasteiger partial charge in [-0.3, -0.25) is 4.79 Å². The molecule has 1 aromatic rings. The molecule has 0 amide bonds. The maximum absolute atomic E-state index is 12.3. The number of rotatable bonds is 2. The summed E-state index contributed by atoms with van der Waals surface area (Å²) >= 11 is 1.13. The molecule has 0 bridgehead atoms. The van der Waals surface area contributed by atoms with Crippen LogP contribution in [0.5, 0.6) is 0 Å². The Morgan fingerprint density at radius 1 is 1.44 bits per heavy atom. The van der Waals surface area contributed by atoms with Gasteiger partial charge in [-0.2, -0.15) is 13.2 Å². The van der Waals surface area contributed by atoms with Crippen molar-refractivity contribution in [2.45, 2.75) is 35.9 Å². The number of esters is 1. The number of pyridine rings is 1. The van der Waals surface area contributed by atoms with E-state index in [1.54, 1.807) is 6.92 Å². The summed E-state index contributed by atoms with van der Waals surface area (Å²) in [5.74, 6) is -0.339. The fourth-order valence-electron chi connectivity index (χ4n) is 1.58. The Morgan fingerprint density at radius 2 is 2.17 bits per heavy atom. The predicted octanol–water partition coefficient (Wildman–Crippen LogP) is 2.90. The Hall–Kier alpha value is -1.24. The number of hydrogen-bond donors (Lipinski definition) is 0. The van der Waals surface area contributed by atoms with Crippen LogP contribution in [-0.4, -0.2) is 22.3 Å². The largest absolute Gasteiger partial charge is 0.462 e. The normalized spacial score (nSPS) is 24.1. The highest BCUT2D eigenvalue weighted by Gasteiger charge is 2.34. The Kier molecular flexibility index (Phi) is 3.52. The molecule has 2 atom stereocenters. The summed E-state index contributed by atoms with van der Waals surface area (Å²) in [4.78, 5) is 15.1. The first-order valence-electron chi connectivity index (χ1n) is 5.26. The monoisotopic (exact) mass is 277 g/mol. The van der Waals surface area contributed by atoms with Gasteiger partial charge in [-0.15, -0.1) is 0 Å². The van der Waals surface area contributed by atoms with Crippen molar-refractivity contribution in [2.24, 2.45) is 0 Å². The number of ether oxygens (including phenoxy) is 1. The average molecular weight is 277 g/mol. The van der Waals surface area contributed by atoms with Crippen LogP contribution in [0.4, 0.5) is 13.2 Å². The molecule has 2 heterocycles. The Bertz CT molecular complexity index is 447. The zero-order valence-electron chi connectivity index (χ0n) is 9.40. The van der Waals surface area contributed by atoms with Gasteiger partial charge in [0.05, 0.1) is 10.6 Å². The molecule has 1 aliphatic heterocycles. The molecule has 0 radical (unpaired) electrons. The minimum atomic E-state index is -4.39. The SMILES string of the molecule is C[C@@H]1C[C@H](Sc2ccc(C(F)(F)F)cn2)C(=O)O1. The molecule has 3 nitrogen and oxygen atoms in total. The van der Waals surface area contributed by atoms with Crippen LogP contribution in [-0.2, 0) is 15.7 Å². The summed E-state index contributed by atoms with van der Waals surface area (Å²) in [5.41, 5.74) is -0.797. The van der Waals surface area contributed by atoms with E-state index < -0.39 is 11.7 Å². The lowest BCUT2D eigenvalue weighted by Gasteiger charge is -2.08. The lowest BCUT2D eigenvalue weighted by molar-refractivity contribution is -0.140. The fourth-order valence-corrected chi connectivity index (χ4v) is 2.65. The molecule has 0 aliphatic carbocycles. The zero-order chi connectivity index (χ0) is 13.3. The highest BCUT2D eigenvalue weighted by Crippen LogP contribution is 2.33. The van der Waals surface area contributed by atoms with Gasteiger partial charge in [0.15, 0.2) is 0 Å². The topological polar surface area (TPSA) is 39.2 Å². The molecular formula is C11H10F3NO2S. The number of thioether (sulfide) groups is 1. The molecule has 1 fully saturated rings. The highest BCUT2D eigenvalue weighted by atomic mass is 32.2. The van der Waals surface area contributed by atoms with Crippen molar-refractivity contribution in [3.63, 3.8) is 0 Å². The summed E-state index contributed by atoms with van der Waals surface area (Å²) in [6.07, 6.45) is -3.22. The van der Waals surface area contributed by atoms with Crippen molar-refractivity contribution < 1.29 is 22.7 Å². The third-order valence-electron chi connectivity index (χ3n) is 2.45. The van der Waals surface area contributed by atoms with Crippen LogP contribution in [0, 0.1) is 0 Å². The molecular weight excluding hydrogens is 267 g/mol. The smallest absolute Gasteiger partial charge is 0.417 e. The van der Waals surface area contributed by atoms with Gasteiger partial charge in [0.1, 0.15) is 11.4 Å². The number of halogens is 3. The molecule has 1 saturated heterocycles. The maximum Gasteiger partial charge on any atom is 0.417 e. The van der Waals surface area contributed by atoms with Gasteiger partial charge in [0.2, 0.25) is 0 Å². The van der Waals surface area contributed by atoms with Crippen molar-refractivity contribution in [1.29, 1.82) is 0 Å². The summed E-state index contributed by atoms with van der Waals surface area (Å²) < 4.78 is 41.9. The zero-order valence-corrected chi connectivity index (χ0v) is 10.2. The summed E-state index contributed by atoms with van der Waals surface area (Å²) in [5, 5.41) is 0.00304. The Morgan fingerprint density at radius 3 is 2.61 bits per heavy atom. The standard InChI is InChI=1S/C11H10F3NO2S/c1-6-4-8(10(16)17-6)18-9-3-2-7(5-15-9)11(12,13)14/h2-3,5-6,8H,4H2,1H3/t6-,8+/m1/s1. The molecule has 1 aliphatic rings. The third-order valence-corrected chi connectivity index (χ3v) is 3.61. The fraction of sp³-hybridized carbons (Fsp3) is 0.455. The molecule has 0 spiro atoms. The van der Waals surface area contributed by atoms with Crippen molar-refractivity contribution in [3.05, 3.63) is 23.9 Å². The number of carbonyl (C=O) groups is 1. The second-order valence-corrected chi connectivity index (χ2v) is 5.20. The van der Waals surface area contributed by atoms with E-state index in [0.29, 0.717) is 11.4 Å². The van der Waals surface area contributed by atoms with Crippen molar-refractivity contribution in [1.82, 2.24) is 4.98 Å². The van der Waals surface area contributed by atoms with Gasteiger partial charge >= 0.3 is 12.1 Å². The summed E-state index contributed by atoms with van der Waals surface area (Å²) in [6, 6.07) is 2.23. The first kappa shape index (κ1) is 13.2. The van der Waals surface area contributed by atoms with Crippen molar-refractivity contribution >= 4 is 17.7 Å². The lowest BCUT2D eigenvalue weighted by atomic mass is 10.3. The predicted molar refractivity (Wildman–Crippen MR) is 59.1 cm³/mol. The van der Waals surface area contributed by atoms with Crippen LogP contribution in [0.1, 0.15) is 18.9 Å². The summed E-state index contributed by atoms with van der Waals surface area (Å²) in [6.45, 7) is 1.78. The van der Waals surface area contributed by atoms with Gasteiger partial charge < -0.3 is 4.74 Å². The van der Waals surface area contributed by atoms with Gasteiger partial charge in [-0.25, -0.2) is 4.98 Å². The number of hydrogen-bond acceptors (Lipinski definition) is 4. The number of aromatic nitrogens is 1. The van der Waals surface area contributed by atoms with E-state index in [1.807, 2.05) is 0 Å². The van der Waals surface area contributed by atoms with E-state index in [9.17, 15) is 18.0 Å². The van der Waals surface area contributed by atoms with Crippen LogP contribution in [0.2, 0.25) is 0 Å². The minimum absolute atomic E-state index is 0.149. The molecule has 0 saturated carbocycles. The Labute approximate surface area is 106 Å². The second kappa shape index (κ2) is 4.79. The highest BCUT2D eigenvalue weighted by molar-refractivity contribution is 8.00. The van der Waals surface area contributed by atoms with Crippen LogP contribution >= 0.6 is 11.8 Å². The number of nitrogens with zero attached hydrogens (tertiary/aromatic N) is 1. The third kappa shape index (κ3) is 2.95. The number of cyclic esters (lactones) is 1. The van der Waals surface area contributed by atoms with Crippen LogP contribution in [0.3, 0.4) is 0 Å². The van der Waals surface area contributed by atoms with E-state index >= 15 is 0 Å². The average Bonchev–Trinajstić information content (AvgIpc) is 2.57.